The molecule has 0 saturated heterocycles. The number of benzene rings is 2. The number of anilines is 1. The van der Waals surface area contributed by atoms with E-state index >= 15 is 0 Å². The molecule has 3 rings (SSSR count). The average molecular weight is 416 g/mol. The average Bonchev–Trinajstić information content (AvgIpc) is 3.03. The fraction of sp³-hybridized carbons (Fsp3) is 0.190. The summed E-state index contributed by atoms with van der Waals surface area (Å²) in [6.45, 7) is 3.28. The van der Waals surface area contributed by atoms with Crippen molar-refractivity contribution in [3.05, 3.63) is 76.8 Å². The van der Waals surface area contributed by atoms with E-state index in [0.29, 0.717) is 23.6 Å². The SMILES string of the molecule is CCN(C(=O)COC(=O)c1c(C)nn(-c2ccccc2)c1Cl)c1ccc(F)cc1. The van der Waals surface area contributed by atoms with Crippen LogP contribution in [-0.2, 0) is 9.53 Å². The maximum absolute atomic E-state index is 13.1. The van der Waals surface area contributed by atoms with Crippen molar-refractivity contribution in [1.29, 1.82) is 0 Å². The number of hydrogen-bond acceptors (Lipinski definition) is 4. The Labute approximate surface area is 172 Å². The number of halogens is 2. The number of hydrogen-bond donors (Lipinski definition) is 0. The summed E-state index contributed by atoms with van der Waals surface area (Å²) in [7, 11) is 0. The lowest BCUT2D eigenvalue weighted by Gasteiger charge is -2.20. The summed E-state index contributed by atoms with van der Waals surface area (Å²) < 4.78 is 19.7. The van der Waals surface area contributed by atoms with Gasteiger partial charge in [-0.3, -0.25) is 4.79 Å². The summed E-state index contributed by atoms with van der Waals surface area (Å²) in [5, 5.41) is 4.40. The second kappa shape index (κ2) is 8.87. The Morgan fingerprint density at radius 3 is 2.41 bits per heavy atom. The molecule has 0 aliphatic heterocycles. The van der Waals surface area contributed by atoms with Gasteiger partial charge in [0.2, 0.25) is 0 Å². The smallest absolute Gasteiger partial charge is 0.343 e. The number of ether oxygens (including phenoxy) is 1. The van der Waals surface area contributed by atoms with Crippen LogP contribution in [0, 0.1) is 12.7 Å². The lowest BCUT2D eigenvalue weighted by molar-refractivity contribution is -0.121. The Morgan fingerprint density at radius 1 is 1.14 bits per heavy atom. The summed E-state index contributed by atoms with van der Waals surface area (Å²) in [5.74, 6) is -1.57. The molecular weight excluding hydrogens is 397 g/mol. The molecule has 1 heterocycles. The van der Waals surface area contributed by atoms with Crippen LogP contribution in [0.3, 0.4) is 0 Å². The molecule has 1 amide bonds. The number of para-hydroxylation sites is 1. The van der Waals surface area contributed by atoms with Gasteiger partial charge in [0.15, 0.2) is 6.61 Å². The number of nitrogens with zero attached hydrogens (tertiary/aromatic N) is 3. The van der Waals surface area contributed by atoms with Crippen molar-refractivity contribution in [2.24, 2.45) is 0 Å². The third-order valence-corrected chi connectivity index (χ3v) is 4.64. The van der Waals surface area contributed by atoms with Gasteiger partial charge in [-0.25, -0.2) is 13.9 Å². The maximum Gasteiger partial charge on any atom is 0.343 e. The highest BCUT2D eigenvalue weighted by Gasteiger charge is 2.24. The number of carbonyl (C=O) groups is 2. The van der Waals surface area contributed by atoms with Crippen molar-refractivity contribution < 1.29 is 18.7 Å². The van der Waals surface area contributed by atoms with Crippen LogP contribution in [0.4, 0.5) is 10.1 Å². The number of esters is 1. The van der Waals surface area contributed by atoms with E-state index in [-0.39, 0.29) is 10.7 Å². The second-order valence-electron chi connectivity index (χ2n) is 6.19. The Hall–Kier alpha value is -3.19. The zero-order valence-electron chi connectivity index (χ0n) is 15.9. The summed E-state index contributed by atoms with van der Waals surface area (Å²) in [6.07, 6.45) is 0. The van der Waals surface area contributed by atoms with Crippen LogP contribution in [0.15, 0.2) is 54.6 Å². The zero-order chi connectivity index (χ0) is 21.0. The highest BCUT2D eigenvalue weighted by molar-refractivity contribution is 6.33. The molecule has 3 aromatic rings. The largest absolute Gasteiger partial charge is 0.452 e. The van der Waals surface area contributed by atoms with Gasteiger partial charge in [-0.05, 0) is 50.2 Å². The summed E-state index contributed by atoms with van der Waals surface area (Å²) in [4.78, 5) is 26.4. The van der Waals surface area contributed by atoms with E-state index in [1.165, 1.54) is 33.8 Å². The maximum atomic E-state index is 13.1. The minimum atomic E-state index is -0.738. The van der Waals surface area contributed by atoms with E-state index < -0.39 is 24.3 Å². The number of aryl methyl sites for hydroxylation is 1. The molecule has 0 spiro atoms. The molecule has 0 aliphatic rings. The van der Waals surface area contributed by atoms with Crippen molar-refractivity contribution in [1.82, 2.24) is 9.78 Å². The number of aromatic nitrogens is 2. The van der Waals surface area contributed by atoms with Gasteiger partial charge in [-0.2, -0.15) is 5.10 Å². The third-order valence-electron chi connectivity index (χ3n) is 4.29. The molecule has 150 valence electrons. The minimum Gasteiger partial charge on any atom is -0.452 e. The predicted octanol–water partition coefficient (Wildman–Crippen LogP) is 4.18. The van der Waals surface area contributed by atoms with Gasteiger partial charge in [0, 0.05) is 12.2 Å². The lowest BCUT2D eigenvalue weighted by atomic mass is 10.2. The molecule has 0 radical (unpaired) electrons. The minimum absolute atomic E-state index is 0.105. The van der Waals surface area contributed by atoms with Crippen molar-refractivity contribution in [3.63, 3.8) is 0 Å². The summed E-state index contributed by atoms with van der Waals surface area (Å²) in [6, 6.07) is 14.6. The zero-order valence-corrected chi connectivity index (χ0v) is 16.7. The van der Waals surface area contributed by atoms with Gasteiger partial charge in [0.25, 0.3) is 5.91 Å². The Balaban J connectivity index is 1.73. The molecule has 0 fully saturated rings. The molecule has 0 bridgehead atoms. The molecule has 8 heteroatoms. The summed E-state index contributed by atoms with van der Waals surface area (Å²) in [5.41, 5.74) is 1.71. The van der Waals surface area contributed by atoms with E-state index in [2.05, 4.69) is 5.10 Å². The first-order chi connectivity index (χ1) is 13.9. The van der Waals surface area contributed by atoms with Crippen molar-refractivity contribution in [2.75, 3.05) is 18.1 Å². The van der Waals surface area contributed by atoms with E-state index in [9.17, 15) is 14.0 Å². The highest BCUT2D eigenvalue weighted by Crippen LogP contribution is 2.24. The monoisotopic (exact) mass is 415 g/mol. The molecule has 2 aromatic carbocycles. The Kier molecular flexibility index (Phi) is 6.29. The fourth-order valence-corrected chi connectivity index (χ4v) is 3.22. The van der Waals surface area contributed by atoms with Crippen LogP contribution >= 0.6 is 11.6 Å². The van der Waals surface area contributed by atoms with E-state index in [0.717, 1.165) is 0 Å². The van der Waals surface area contributed by atoms with Crippen LogP contribution in [0.5, 0.6) is 0 Å². The molecule has 0 atom stereocenters. The first-order valence-corrected chi connectivity index (χ1v) is 9.33. The number of carbonyl (C=O) groups excluding carboxylic acids is 2. The van der Waals surface area contributed by atoms with Crippen molar-refractivity contribution in [3.8, 4) is 5.69 Å². The summed E-state index contributed by atoms with van der Waals surface area (Å²) >= 11 is 6.34. The quantitative estimate of drug-likeness (QED) is 0.566. The standard InChI is InChI=1S/C21H19ClFN3O3/c1-3-25(16-11-9-15(23)10-12-16)18(27)13-29-21(28)19-14(2)24-26(20(19)22)17-7-5-4-6-8-17/h4-12H,3,13H2,1-2H3. The predicted molar refractivity (Wildman–Crippen MR) is 108 cm³/mol. The number of amides is 1. The van der Waals surface area contributed by atoms with Gasteiger partial charge in [-0.15, -0.1) is 0 Å². The van der Waals surface area contributed by atoms with Gasteiger partial charge in [-0.1, -0.05) is 29.8 Å². The topological polar surface area (TPSA) is 64.4 Å². The number of rotatable bonds is 6. The van der Waals surface area contributed by atoms with E-state index in [1.807, 2.05) is 18.2 Å². The molecular formula is C21H19ClFN3O3. The van der Waals surface area contributed by atoms with Crippen LogP contribution in [0.1, 0.15) is 23.0 Å². The van der Waals surface area contributed by atoms with Gasteiger partial charge >= 0.3 is 5.97 Å². The second-order valence-corrected chi connectivity index (χ2v) is 6.55. The van der Waals surface area contributed by atoms with E-state index in [4.69, 9.17) is 16.3 Å². The first kappa shape index (κ1) is 20.5. The van der Waals surface area contributed by atoms with E-state index in [1.54, 1.807) is 26.0 Å². The Bertz CT molecular complexity index is 1020. The van der Waals surface area contributed by atoms with Crippen LogP contribution in [0.25, 0.3) is 5.69 Å². The lowest BCUT2D eigenvalue weighted by Crippen LogP contribution is -2.34. The van der Waals surface area contributed by atoms with Crippen LogP contribution < -0.4 is 4.90 Å². The van der Waals surface area contributed by atoms with Gasteiger partial charge in [0.05, 0.1) is 11.4 Å². The van der Waals surface area contributed by atoms with Gasteiger partial charge in [0.1, 0.15) is 16.5 Å². The molecule has 6 nitrogen and oxygen atoms in total. The molecule has 0 saturated carbocycles. The van der Waals surface area contributed by atoms with Crippen LogP contribution in [-0.4, -0.2) is 34.8 Å². The first-order valence-electron chi connectivity index (χ1n) is 8.96. The van der Waals surface area contributed by atoms with Crippen molar-refractivity contribution >= 4 is 29.2 Å². The molecule has 0 unspecified atom stereocenters. The third kappa shape index (κ3) is 4.46. The normalized spacial score (nSPS) is 10.6. The van der Waals surface area contributed by atoms with Crippen LogP contribution in [0.2, 0.25) is 5.15 Å². The molecule has 0 N–H and O–H groups in total. The Morgan fingerprint density at radius 2 is 1.79 bits per heavy atom. The number of likely N-dealkylation sites (N-methyl/N-ethyl adjacent to an activating group) is 1. The van der Waals surface area contributed by atoms with Gasteiger partial charge < -0.3 is 9.64 Å². The molecule has 0 aliphatic carbocycles. The molecule has 1 aromatic heterocycles. The fourth-order valence-electron chi connectivity index (χ4n) is 2.87. The van der Waals surface area contributed by atoms with Crippen molar-refractivity contribution in [2.45, 2.75) is 13.8 Å². The molecule has 29 heavy (non-hydrogen) atoms. The highest BCUT2D eigenvalue weighted by atomic mass is 35.5.